The molecule has 7 nitrogen and oxygen atoms in total. The third-order valence-electron chi connectivity index (χ3n) is 11.2. The summed E-state index contributed by atoms with van der Waals surface area (Å²) in [6.07, 6.45) is 9.07. The second kappa shape index (κ2) is 9.83. The number of carbonyl (C=O) groups is 1. The molecular weight excluding hydrogens is 490 g/mol. The second-order valence-corrected chi connectivity index (χ2v) is 14.4. The van der Waals surface area contributed by atoms with Gasteiger partial charge in [0, 0.05) is 30.1 Å². The monoisotopic (exact) mass is 531 g/mol. The molecule has 3 unspecified atom stereocenters. The third kappa shape index (κ3) is 4.61. The van der Waals surface area contributed by atoms with Crippen LogP contribution < -0.4 is 0 Å². The quantitative estimate of drug-likeness (QED) is 0.378. The summed E-state index contributed by atoms with van der Waals surface area (Å²) in [5.41, 5.74) is -0.546. The number of ketones is 1. The summed E-state index contributed by atoms with van der Waals surface area (Å²) in [5.74, 6) is 2.30. The molecule has 1 aromatic rings. The van der Waals surface area contributed by atoms with Crippen molar-refractivity contribution in [2.45, 2.75) is 82.1 Å². The van der Waals surface area contributed by atoms with Crippen LogP contribution in [0.4, 0.5) is 5.69 Å². The van der Waals surface area contributed by atoms with Gasteiger partial charge in [-0.25, -0.2) is 0 Å². The van der Waals surface area contributed by atoms with Crippen molar-refractivity contribution in [3.05, 3.63) is 34.4 Å². The fourth-order valence-electron chi connectivity index (χ4n) is 9.28. The second-order valence-electron chi connectivity index (χ2n) is 12.9. The number of non-ortho nitro benzene ring substituents is 1. The maximum Gasteiger partial charge on any atom is 0.269 e. The highest BCUT2D eigenvalue weighted by molar-refractivity contribution is 7.85. The van der Waals surface area contributed by atoms with Crippen LogP contribution in [0.5, 0.6) is 0 Å². The summed E-state index contributed by atoms with van der Waals surface area (Å²) in [5, 5.41) is 22.0. The first-order valence-corrected chi connectivity index (χ1v) is 15.2. The zero-order chi connectivity index (χ0) is 26.6. The van der Waals surface area contributed by atoms with E-state index in [4.69, 9.17) is 4.74 Å². The molecule has 4 saturated carbocycles. The topological polar surface area (TPSA) is 107 Å². The number of hydrogen-bond donors (Lipinski definition) is 1. The van der Waals surface area contributed by atoms with Crippen LogP contribution in [-0.2, 0) is 20.3 Å². The van der Waals surface area contributed by atoms with Gasteiger partial charge in [-0.3, -0.25) is 19.1 Å². The Hall–Kier alpha value is -1.64. The lowest BCUT2D eigenvalue weighted by molar-refractivity contribution is -0.384. The molecule has 204 valence electrons. The van der Waals surface area contributed by atoms with Gasteiger partial charge in [0.15, 0.2) is 0 Å². The zero-order valence-electron chi connectivity index (χ0n) is 22.3. The number of nitro groups is 1. The highest BCUT2D eigenvalue weighted by atomic mass is 32.2. The molecule has 0 saturated heterocycles. The van der Waals surface area contributed by atoms with Gasteiger partial charge < -0.3 is 9.84 Å². The number of aliphatic hydroxyl groups is 1. The van der Waals surface area contributed by atoms with E-state index in [9.17, 15) is 24.2 Å². The predicted molar refractivity (Wildman–Crippen MR) is 141 cm³/mol. The molecule has 4 aliphatic rings. The van der Waals surface area contributed by atoms with Crippen molar-refractivity contribution in [1.29, 1.82) is 0 Å². The van der Waals surface area contributed by atoms with Crippen LogP contribution in [0.25, 0.3) is 0 Å². The number of hydrogen-bond acceptors (Lipinski definition) is 6. The molecule has 0 aliphatic heterocycles. The van der Waals surface area contributed by atoms with Gasteiger partial charge >= 0.3 is 0 Å². The molecular formula is C29H41NO6S. The molecule has 9 atom stereocenters. The summed E-state index contributed by atoms with van der Waals surface area (Å²) < 4.78 is 18.3. The molecule has 8 heteroatoms. The summed E-state index contributed by atoms with van der Waals surface area (Å²) in [7, 11) is 0.174. The molecule has 4 aliphatic carbocycles. The summed E-state index contributed by atoms with van der Waals surface area (Å²) in [6.45, 7) is 5.19. The lowest BCUT2D eigenvalue weighted by atomic mass is 9.44. The van der Waals surface area contributed by atoms with Crippen molar-refractivity contribution >= 4 is 22.3 Å². The number of ether oxygens (including phenoxy) is 1. The lowest BCUT2D eigenvalue weighted by Crippen LogP contribution is -2.57. The first-order valence-electron chi connectivity index (χ1n) is 13.9. The van der Waals surface area contributed by atoms with Crippen LogP contribution in [-0.4, -0.2) is 45.1 Å². The predicted octanol–water partition coefficient (Wildman–Crippen LogP) is 5.31. The van der Waals surface area contributed by atoms with Crippen LogP contribution in [0.15, 0.2) is 29.2 Å². The number of rotatable bonds is 7. The van der Waals surface area contributed by atoms with Crippen molar-refractivity contribution in [3.8, 4) is 0 Å². The van der Waals surface area contributed by atoms with Gasteiger partial charge in [0.2, 0.25) is 0 Å². The first-order chi connectivity index (χ1) is 17.5. The van der Waals surface area contributed by atoms with Crippen LogP contribution in [0.2, 0.25) is 0 Å². The standard InChI is InChI=1S/C29H41NO6S/c1-27-14-15-29(32,18-36-3)16-19(27)4-9-22-23-10-11-25(28(23,2)13-12-24(22)27)26(31)17-37(35)21-7-5-20(6-8-21)30(33)34/h5-8,19,22-25,32H,4,9-18H2,1-3H3/t19?,22-,23-,24-,25+,27-,28-,29?,37?/m0/s1. The van der Waals surface area contributed by atoms with Crippen molar-refractivity contribution in [2.24, 2.45) is 40.4 Å². The third-order valence-corrected chi connectivity index (χ3v) is 12.6. The van der Waals surface area contributed by atoms with Crippen LogP contribution in [0, 0.1) is 50.5 Å². The lowest BCUT2D eigenvalue weighted by Gasteiger charge is -2.62. The molecule has 0 amide bonds. The number of carbonyl (C=O) groups excluding carboxylic acids is 1. The Kier molecular flexibility index (Phi) is 7.16. The Morgan fingerprint density at radius 1 is 1.05 bits per heavy atom. The zero-order valence-corrected chi connectivity index (χ0v) is 23.1. The average molecular weight is 532 g/mol. The Morgan fingerprint density at radius 3 is 2.43 bits per heavy atom. The Bertz CT molecular complexity index is 1080. The number of fused-ring (bicyclic) bond motifs is 5. The van der Waals surface area contributed by atoms with E-state index in [1.807, 2.05) is 0 Å². The van der Waals surface area contributed by atoms with Crippen LogP contribution >= 0.6 is 0 Å². The van der Waals surface area contributed by atoms with Crippen LogP contribution in [0.3, 0.4) is 0 Å². The summed E-state index contributed by atoms with van der Waals surface area (Å²) in [6, 6.07) is 5.71. The summed E-state index contributed by atoms with van der Waals surface area (Å²) in [4.78, 5) is 24.4. The molecule has 0 spiro atoms. The van der Waals surface area contributed by atoms with E-state index in [1.54, 1.807) is 7.11 Å². The average Bonchev–Trinajstić information content (AvgIpc) is 3.22. The van der Waals surface area contributed by atoms with E-state index in [1.165, 1.54) is 30.7 Å². The van der Waals surface area contributed by atoms with E-state index in [0.29, 0.717) is 35.2 Å². The number of methoxy groups -OCH3 is 1. The van der Waals surface area contributed by atoms with Gasteiger partial charge in [-0.1, -0.05) is 13.8 Å². The van der Waals surface area contributed by atoms with Crippen molar-refractivity contribution in [2.75, 3.05) is 19.5 Å². The molecule has 0 radical (unpaired) electrons. The van der Waals surface area contributed by atoms with Crippen molar-refractivity contribution in [3.63, 3.8) is 0 Å². The van der Waals surface area contributed by atoms with Crippen molar-refractivity contribution in [1.82, 2.24) is 0 Å². The maximum absolute atomic E-state index is 13.5. The van der Waals surface area contributed by atoms with E-state index >= 15 is 0 Å². The SMILES string of the molecule is COCC1(O)CC[C@@]2(C)C(CC[C@H]3[C@@H]4CC[C@H](C(=O)CS(=O)c5ccc([N+](=O)[O-])cc5)[C@@]4(C)CC[C@@H]32)C1. The molecule has 1 aromatic carbocycles. The normalized spacial score (nSPS) is 41.8. The van der Waals surface area contributed by atoms with Crippen molar-refractivity contribution < 1.29 is 23.8 Å². The number of nitrogens with zero attached hydrogens (tertiary/aromatic N) is 1. The fraction of sp³-hybridized carbons (Fsp3) is 0.759. The number of nitro benzene ring substituents is 1. The van der Waals surface area contributed by atoms with Gasteiger partial charge in [-0.05, 0) is 104 Å². The Balaban J connectivity index is 1.27. The maximum atomic E-state index is 13.5. The molecule has 1 N–H and O–H groups in total. The fourth-order valence-corrected chi connectivity index (χ4v) is 10.3. The number of Topliss-reactive ketones (excluding diaryl/α,β-unsaturated/α-hetero) is 1. The molecule has 0 aromatic heterocycles. The van der Waals surface area contributed by atoms with E-state index in [0.717, 1.165) is 51.4 Å². The largest absolute Gasteiger partial charge is 0.387 e. The molecule has 0 bridgehead atoms. The van der Waals surface area contributed by atoms with E-state index in [2.05, 4.69) is 13.8 Å². The highest BCUT2D eigenvalue weighted by Crippen LogP contribution is 2.68. The smallest absolute Gasteiger partial charge is 0.269 e. The minimum Gasteiger partial charge on any atom is -0.387 e. The summed E-state index contributed by atoms with van der Waals surface area (Å²) >= 11 is 0. The van der Waals surface area contributed by atoms with E-state index < -0.39 is 21.3 Å². The number of benzene rings is 1. The van der Waals surface area contributed by atoms with Crippen LogP contribution in [0.1, 0.15) is 71.6 Å². The minimum atomic E-state index is -1.50. The van der Waals surface area contributed by atoms with Gasteiger partial charge in [0.25, 0.3) is 5.69 Å². The molecule has 5 rings (SSSR count). The van der Waals surface area contributed by atoms with Gasteiger partial charge in [0.1, 0.15) is 5.78 Å². The molecule has 4 fully saturated rings. The van der Waals surface area contributed by atoms with Gasteiger partial charge in [-0.15, -0.1) is 0 Å². The Morgan fingerprint density at radius 2 is 1.76 bits per heavy atom. The van der Waals surface area contributed by atoms with Gasteiger partial charge in [0.05, 0.1) is 33.7 Å². The first kappa shape index (κ1) is 26.9. The molecule has 0 heterocycles. The van der Waals surface area contributed by atoms with E-state index in [-0.39, 0.29) is 34.0 Å². The molecule has 37 heavy (non-hydrogen) atoms. The minimum absolute atomic E-state index is 0.0171. The highest BCUT2D eigenvalue weighted by Gasteiger charge is 2.62. The van der Waals surface area contributed by atoms with Gasteiger partial charge in [-0.2, -0.15) is 0 Å². The Labute approximate surface area is 222 Å².